The largest absolute Gasteiger partial charge is 0.489 e. The number of nitrogens with zero attached hydrogens (tertiary/aromatic N) is 4. The number of pyridine rings is 1. The molecular weight excluding hydrogens is 444 g/mol. The molecule has 2 aliphatic carbocycles. The lowest BCUT2D eigenvalue weighted by molar-refractivity contribution is -0.122. The van der Waals surface area contributed by atoms with Gasteiger partial charge in [-0.15, -0.1) is 0 Å². The Labute approximate surface area is 201 Å². The third-order valence-corrected chi connectivity index (χ3v) is 6.62. The molecule has 0 saturated heterocycles. The molecule has 0 spiro atoms. The van der Waals surface area contributed by atoms with Gasteiger partial charge in [-0.2, -0.15) is 9.97 Å². The first-order chi connectivity index (χ1) is 17.1. The van der Waals surface area contributed by atoms with Crippen LogP contribution in [0.15, 0.2) is 67.3 Å². The van der Waals surface area contributed by atoms with Crippen LogP contribution in [0.25, 0.3) is 11.2 Å². The summed E-state index contributed by atoms with van der Waals surface area (Å²) in [6.45, 7) is 0.440. The number of carbonyl (C=O) groups excluding carboxylic acids is 1. The number of imidazole rings is 1. The topological polar surface area (TPSA) is 144 Å². The number of carbonyl (C=O) groups is 1. The van der Waals surface area contributed by atoms with Crippen LogP contribution in [0, 0.1) is 17.8 Å². The van der Waals surface area contributed by atoms with E-state index in [9.17, 15) is 4.79 Å². The Morgan fingerprint density at radius 2 is 2.00 bits per heavy atom. The van der Waals surface area contributed by atoms with E-state index >= 15 is 0 Å². The number of nitrogens with two attached hydrogens (primary N) is 1. The minimum absolute atomic E-state index is 0.130. The van der Waals surface area contributed by atoms with Gasteiger partial charge in [0.15, 0.2) is 11.5 Å². The van der Waals surface area contributed by atoms with Crippen molar-refractivity contribution in [2.24, 2.45) is 23.5 Å². The van der Waals surface area contributed by atoms with Gasteiger partial charge in [-0.3, -0.25) is 9.78 Å². The molecule has 1 amide bonds. The third-order valence-electron chi connectivity index (χ3n) is 6.62. The van der Waals surface area contributed by atoms with Crippen molar-refractivity contribution >= 4 is 34.5 Å². The molecule has 10 heteroatoms. The molecule has 6 rings (SSSR count). The quantitative estimate of drug-likeness (QED) is 0.289. The van der Waals surface area contributed by atoms with Gasteiger partial charge in [0.25, 0.3) is 0 Å². The van der Waals surface area contributed by atoms with Gasteiger partial charge in [0, 0.05) is 30.2 Å². The highest BCUT2D eigenvalue weighted by atomic mass is 16.5. The molecule has 3 aromatic heterocycles. The van der Waals surface area contributed by atoms with Crippen molar-refractivity contribution in [2.75, 3.05) is 10.6 Å². The normalized spacial score (nSPS) is 22.4. The first kappa shape index (κ1) is 21.1. The molecule has 1 aromatic carbocycles. The highest BCUT2D eigenvalue weighted by Gasteiger charge is 2.47. The average Bonchev–Trinajstić information content (AvgIpc) is 3.60. The van der Waals surface area contributed by atoms with E-state index in [1.807, 2.05) is 36.4 Å². The summed E-state index contributed by atoms with van der Waals surface area (Å²) in [5.41, 5.74) is 8.74. The maximum absolute atomic E-state index is 12.2. The van der Waals surface area contributed by atoms with Crippen molar-refractivity contribution < 1.29 is 9.53 Å². The summed E-state index contributed by atoms with van der Waals surface area (Å²) in [6, 6.07) is 11.3. The molecule has 1 saturated carbocycles. The number of H-pyrrole nitrogens is 1. The molecule has 2 bridgehead atoms. The van der Waals surface area contributed by atoms with Crippen LogP contribution in [0.5, 0.6) is 5.75 Å². The van der Waals surface area contributed by atoms with E-state index in [2.05, 4.69) is 42.7 Å². The summed E-state index contributed by atoms with van der Waals surface area (Å²) in [5, 5.41) is 6.71. The standard InChI is InChI=1S/C25H24N8O2/c26-22(34)19-15-4-5-16(10-15)20(19)31-24-21-23(29-13-28-21)32-25(33-24)30-17-2-1-3-18(11-17)35-12-14-6-8-27-9-7-14/h1-9,11,13,15-16,19-20H,10,12H2,(H2,26,34)(H3,28,29,30,31,32,33). The predicted octanol–water partition coefficient (Wildman–Crippen LogP) is 3.16. The molecule has 4 unspecified atom stereocenters. The summed E-state index contributed by atoms with van der Waals surface area (Å²) < 4.78 is 5.92. The van der Waals surface area contributed by atoms with E-state index in [0.29, 0.717) is 35.3 Å². The van der Waals surface area contributed by atoms with Gasteiger partial charge in [-0.1, -0.05) is 18.2 Å². The average molecular weight is 469 g/mol. The van der Waals surface area contributed by atoms with E-state index in [0.717, 1.165) is 17.7 Å². The number of amides is 1. The number of fused-ring (bicyclic) bond motifs is 3. The Kier molecular flexibility index (Phi) is 5.25. The Balaban J connectivity index is 1.23. The van der Waals surface area contributed by atoms with E-state index in [1.54, 1.807) is 18.7 Å². The highest BCUT2D eigenvalue weighted by Crippen LogP contribution is 2.45. The maximum Gasteiger partial charge on any atom is 0.231 e. The van der Waals surface area contributed by atoms with Gasteiger partial charge in [-0.05, 0) is 48.1 Å². The van der Waals surface area contributed by atoms with Crippen LogP contribution in [-0.2, 0) is 11.4 Å². The first-order valence-electron chi connectivity index (χ1n) is 11.5. The van der Waals surface area contributed by atoms with Gasteiger partial charge in [0.1, 0.15) is 17.9 Å². The highest BCUT2D eigenvalue weighted by molar-refractivity contribution is 5.85. The smallest absolute Gasteiger partial charge is 0.231 e. The zero-order chi connectivity index (χ0) is 23.8. The summed E-state index contributed by atoms with van der Waals surface area (Å²) in [4.78, 5) is 32.9. The molecule has 35 heavy (non-hydrogen) atoms. The SMILES string of the molecule is NC(=O)C1C2C=CC(C2)C1Nc1nc(Nc2cccc(OCc3ccncc3)c2)nc2[nH]cnc12. The lowest BCUT2D eigenvalue weighted by Gasteiger charge is -2.27. The van der Waals surface area contributed by atoms with Crippen LogP contribution in [-0.4, -0.2) is 36.9 Å². The zero-order valence-corrected chi connectivity index (χ0v) is 18.8. The summed E-state index contributed by atoms with van der Waals surface area (Å²) in [6.07, 6.45) is 10.2. The van der Waals surface area contributed by atoms with Crippen LogP contribution in [0.3, 0.4) is 0 Å². The van der Waals surface area contributed by atoms with E-state index < -0.39 is 0 Å². The number of anilines is 3. The second-order valence-electron chi connectivity index (χ2n) is 8.84. The Bertz CT molecular complexity index is 1400. The molecule has 3 heterocycles. The van der Waals surface area contributed by atoms with Gasteiger partial charge in [-0.25, -0.2) is 4.98 Å². The number of allylic oxidation sites excluding steroid dienone is 1. The third kappa shape index (κ3) is 4.14. The first-order valence-corrected chi connectivity index (χ1v) is 11.5. The number of hydrogen-bond donors (Lipinski definition) is 4. The van der Waals surface area contributed by atoms with Crippen LogP contribution in [0.4, 0.5) is 17.5 Å². The summed E-state index contributed by atoms with van der Waals surface area (Å²) in [5.74, 6) is 1.48. The number of aromatic nitrogens is 5. The van der Waals surface area contributed by atoms with Crippen LogP contribution in [0.2, 0.25) is 0 Å². The fourth-order valence-corrected chi connectivity index (χ4v) is 5.00. The number of primary amides is 1. The molecular formula is C25H24N8O2. The molecule has 4 atom stereocenters. The summed E-state index contributed by atoms with van der Waals surface area (Å²) >= 11 is 0. The molecule has 0 radical (unpaired) electrons. The van der Waals surface area contributed by atoms with Gasteiger partial charge in [0.2, 0.25) is 11.9 Å². The van der Waals surface area contributed by atoms with Crippen LogP contribution >= 0.6 is 0 Å². The Morgan fingerprint density at radius 1 is 1.14 bits per heavy atom. The minimum atomic E-state index is -0.298. The van der Waals surface area contributed by atoms with E-state index in [1.165, 1.54) is 0 Å². The lowest BCUT2D eigenvalue weighted by Crippen LogP contribution is -2.41. The van der Waals surface area contributed by atoms with Crippen molar-refractivity contribution in [3.63, 3.8) is 0 Å². The fraction of sp³-hybridized carbons (Fsp3) is 0.240. The monoisotopic (exact) mass is 468 g/mol. The van der Waals surface area contributed by atoms with Gasteiger partial charge >= 0.3 is 0 Å². The minimum Gasteiger partial charge on any atom is -0.489 e. The van der Waals surface area contributed by atoms with Crippen molar-refractivity contribution in [3.8, 4) is 5.75 Å². The van der Waals surface area contributed by atoms with Gasteiger partial charge in [0.05, 0.1) is 12.2 Å². The molecule has 176 valence electrons. The molecule has 0 aliphatic heterocycles. The second-order valence-corrected chi connectivity index (χ2v) is 8.84. The number of nitrogens with one attached hydrogen (secondary N) is 3. The fourth-order valence-electron chi connectivity index (χ4n) is 5.00. The maximum atomic E-state index is 12.2. The van der Waals surface area contributed by atoms with Crippen molar-refractivity contribution in [2.45, 2.75) is 19.1 Å². The van der Waals surface area contributed by atoms with Crippen molar-refractivity contribution in [3.05, 3.63) is 72.8 Å². The zero-order valence-electron chi connectivity index (χ0n) is 18.8. The molecule has 4 aromatic rings. The molecule has 1 fully saturated rings. The van der Waals surface area contributed by atoms with E-state index in [4.69, 9.17) is 15.5 Å². The molecule has 2 aliphatic rings. The summed E-state index contributed by atoms with van der Waals surface area (Å²) in [7, 11) is 0. The number of benzene rings is 1. The molecule has 10 nitrogen and oxygen atoms in total. The van der Waals surface area contributed by atoms with Crippen LogP contribution < -0.4 is 21.1 Å². The van der Waals surface area contributed by atoms with Crippen molar-refractivity contribution in [1.29, 1.82) is 0 Å². The number of aromatic amines is 1. The van der Waals surface area contributed by atoms with Crippen molar-refractivity contribution in [1.82, 2.24) is 24.9 Å². The Morgan fingerprint density at radius 3 is 2.86 bits per heavy atom. The second kappa shape index (κ2) is 8.71. The molecule has 5 N–H and O–H groups in total. The lowest BCUT2D eigenvalue weighted by atomic mass is 9.88. The predicted molar refractivity (Wildman–Crippen MR) is 131 cm³/mol. The van der Waals surface area contributed by atoms with Crippen LogP contribution in [0.1, 0.15) is 12.0 Å². The Hall–Kier alpha value is -4.47. The van der Waals surface area contributed by atoms with Gasteiger partial charge < -0.3 is 26.1 Å². The number of rotatable bonds is 8. The van der Waals surface area contributed by atoms with E-state index in [-0.39, 0.29) is 29.7 Å². The number of ether oxygens (including phenoxy) is 1. The number of hydrogen-bond acceptors (Lipinski definition) is 8.